The smallest absolute Gasteiger partial charge is 0.207 e. The van der Waals surface area contributed by atoms with Gasteiger partial charge in [0.2, 0.25) is 0 Å². The second-order valence-electron chi connectivity index (χ2n) is 3.26. The van der Waals surface area contributed by atoms with Crippen LogP contribution in [0.4, 0.5) is 8.78 Å². The van der Waals surface area contributed by atoms with Gasteiger partial charge in [-0.2, -0.15) is 5.26 Å². The number of nitrogens with zero attached hydrogens (tertiary/aromatic N) is 1. The summed E-state index contributed by atoms with van der Waals surface area (Å²) in [7, 11) is 0.880. The summed E-state index contributed by atoms with van der Waals surface area (Å²) in [6.07, 6.45) is -2.81. The second kappa shape index (κ2) is 4.98. The Morgan fingerprint density at radius 1 is 1.47 bits per heavy atom. The minimum Gasteiger partial charge on any atom is -0.207 e. The third-order valence-corrected chi connectivity index (χ3v) is 3.63. The van der Waals surface area contributed by atoms with E-state index in [1.165, 1.54) is 6.07 Å². The van der Waals surface area contributed by atoms with Crippen molar-refractivity contribution in [3.05, 3.63) is 28.8 Å². The summed E-state index contributed by atoms with van der Waals surface area (Å²) in [4.78, 5) is -0.587. The number of halogens is 3. The molecule has 0 aliphatic rings. The Bertz CT molecular complexity index is 579. The van der Waals surface area contributed by atoms with E-state index in [4.69, 9.17) is 15.9 Å². The van der Waals surface area contributed by atoms with Crippen LogP contribution >= 0.6 is 10.7 Å². The summed E-state index contributed by atoms with van der Waals surface area (Å²) in [5.74, 6) is 0. The van der Waals surface area contributed by atoms with E-state index in [1.807, 2.05) is 0 Å². The highest BCUT2D eigenvalue weighted by atomic mass is 35.7. The predicted molar refractivity (Wildman–Crippen MR) is 58.5 cm³/mol. The zero-order valence-corrected chi connectivity index (χ0v) is 10.3. The molecule has 1 rings (SSSR count). The Morgan fingerprint density at radius 2 is 2.06 bits per heavy atom. The summed E-state index contributed by atoms with van der Waals surface area (Å²) in [6.45, 7) is 1.59. The SMILES string of the molecule is CCc1cc(C#N)cc(C(F)F)c1S(=O)(=O)Cl. The lowest BCUT2D eigenvalue weighted by molar-refractivity contribution is 0.148. The highest BCUT2D eigenvalue weighted by molar-refractivity contribution is 8.13. The quantitative estimate of drug-likeness (QED) is 0.799. The number of hydrogen-bond acceptors (Lipinski definition) is 3. The van der Waals surface area contributed by atoms with E-state index in [1.54, 1.807) is 13.0 Å². The molecular weight excluding hydrogens is 272 g/mol. The molecule has 0 aliphatic heterocycles. The first-order valence-corrected chi connectivity index (χ1v) is 6.92. The normalized spacial score (nSPS) is 11.5. The van der Waals surface area contributed by atoms with Crippen LogP contribution in [-0.4, -0.2) is 8.42 Å². The van der Waals surface area contributed by atoms with Gasteiger partial charge in [-0.15, -0.1) is 0 Å². The van der Waals surface area contributed by atoms with E-state index in [-0.39, 0.29) is 17.5 Å². The zero-order valence-electron chi connectivity index (χ0n) is 8.75. The molecule has 0 aromatic heterocycles. The molecule has 0 saturated heterocycles. The summed E-state index contributed by atoms with van der Waals surface area (Å²) in [6, 6.07) is 3.80. The molecule has 17 heavy (non-hydrogen) atoms. The van der Waals surface area contributed by atoms with E-state index < -0.39 is 25.9 Å². The summed E-state index contributed by atoms with van der Waals surface area (Å²) < 4.78 is 48.1. The van der Waals surface area contributed by atoms with Crippen molar-refractivity contribution in [1.82, 2.24) is 0 Å². The molecule has 0 bridgehead atoms. The lowest BCUT2D eigenvalue weighted by Crippen LogP contribution is -2.04. The van der Waals surface area contributed by atoms with Crippen molar-refractivity contribution < 1.29 is 17.2 Å². The zero-order chi connectivity index (χ0) is 13.2. The van der Waals surface area contributed by atoms with E-state index in [0.29, 0.717) is 0 Å². The number of alkyl halides is 2. The van der Waals surface area contributed by atoms with Crippen LogP contribution in [0, 0.1) is 11.3 Å². The van der Waals surface area contributed by atoms with Gasteiger partial charge in [0.1, 0.15) is 0 Å². The average molecular weight is 280 g/mol. The van der Waals surface area contributed by atoms with Crippen LogP contribution in [0.1, 0.15) is 30.0 Å². The molecule has 0 saturated carbocycles. The van der Waals surface area contributed by atoms with Crippen molar-refractivity contribution in [3.8, 4) is 6.07 Å². The van der Waals surface area contributed by atoms with Crippen molar-refractivity contribution in [2.45, 2.75) is 24.7 Å². The largest absolute Gasteiger partial charge is 0.265 e. The fraction of sp³-hybridized carbons (Fsp3) is 0.300. The first-order valence-electron chi connectivity index (χ1n) is 4.61. The maximum atomic E-state index is 12.8. The molecule has 0 radical (unpaired) electrons. The average Bonchev–Trinajstić information content (AvgIpc) is 2.25. The molecule has 0 fully saturated rings. The first kappa shape index (κ1) is 13.9. The first-order chi connectivity index (χ1) is 7.81. The number of nitriles is 1. The summed E-state index contributed by atoms with van der Waals surface area (Å²) in [5.41, 5.74) is -0.619. The van der Waals surface area contributed by atoms with E-state index >= 15 is 0 Å². The summed E-state index contributed by atoms with van der Waals surface area (Å²) in [5, 5.41) is 8.68. The molecule has 3 nitrogen and oxygen atoms in total. The minimum absolute atomic E-state index is 0.0128. The second-order valence-corrected chi connectivity index (χ2v) is 5.76. The van der Waals surface area contributed by atoms with Crippen LogP contribution in [0.25, 0.3) is 0 Å². The van der Waals surface area contributed by atoms with Gasteiger partial charge < -0.3 is 0 Å². The molecular formula is C10H8ClF2NO2S. The monoisotopic (exact) mass is 279 g/mol. The van der Waals surface area contributed by atoms with Crippen LogP contribution in [-0.2, 0) is 15.5 Å². The standard InChI is InChI=1S/C10H8ClF2NO2S/c1-2-7-3-6(5-14)4-8(10(12)13)9(7)17(11,15)16/h3-4,10H,2H2,1H3. The Balaban J connectivity index is 3.72. The van der Waals surface area contributed by atoms with Crippen molar-refractivity contribution in [1.29, 1.82) is 5.26 Å². The van der Waals surface area contributed by atoms with Crippen LogP contribution in [0.2, 0.25) is 0 Å². The van der Waals surface area contributed by atoms with Gasteiger partial charge in [-0.25, -0.2) is 17.2 Å². The Morgan fingerprint density at radius 3 is 2.41 bits per heavy atom. The molecule has 1 aromatic rings. The minimum atomic E-state index is -4.26. The highest BCUT2D eigenvalue weighted by Gasteiger charge is 2.25. The lowest BCUT2D eigenvalue weighted by atomic mass is 10.0. The van der Waals surface area contributed by atoms with Crippen LogP contribution in [0.15, 0.2) is 17.0 Å². The number of aryl methyl sites for hydroxylation is 1. The van der Waals surface area contributed by atoms with Crippen molar-refractivity contribution in [2.24, 2.45) is 0 Å². The van der Waals surface area contributed by atoms with Gasteiger partial charge in [0.05, 0.1) is 16.5 Å². The number of hydrogen-bond donors (Lipinski definition) is 0. The molecule has 0 N–H and O–H groups in total. The fourth-order valence-corrected chi connectivity index (χ4v) is 3.01. The van der Waals surface area contributed by atoms with Gasteiger partial charge in [0, 0.05) is 16.2 Å². The number of rotatable bonds is 3. The van der Waals surface area contributed by atoms with Gasteiger partial charge in [0.25, 0.3) is 15.5 Å². The van der Waals surface area contributed by atoms with E-state index in [9.17, 15) is 17.2 Å². The predicted octanol–water partition coefficient (Wildman–Crippen LogP) is 2.99. The highest BCUT2D eigenvalue weighted by Crippen LogP contribution is 2.33. The third kappa shape index (κ3) is 2.93. The van der Waals surface area contributed by atoms with Gasteiger partial charge in [-0.1, -0.05) is 6.92 Å². The van der Waals surface area contributed by atoms with Crippen molar-refractivity contribution in [3.63, 3.8) is 0 Å². The molecule has 0 atom stereocenters. The third-order valence-electron chi connectivity index (χ3n) is 2.18. The maximum absolute atomic E-state index is 12.8. The molecule has 7 heteroatoms. The lowest BCUT2D eigenvalue weighted by Gasteiger charge is -2.11. The molecule has 1 aromatic carbocycles. The topological polar surface area (TPSA) is 57.9 Å². The Kier molecular flexibility index (Phi) is 4.07. The van der Waals surface area contributed by atoms with E-state index in [0.717, 1.165) is 6.07 Å². The molecule has 0 amide bonds. The van der Waals surface area contributed by atoms with Gasteiger partial charge in [-0.3, -0.25) is 0 Å². The maximum Gasteiger partial charge on any atom is 0.265 e. The Labute approximate surface area is 102 Å². The molecule has 0 aliphatic carbocycles. The molecule has 92 valence electrons. The number of benzene rings is 1. The Hall–Kier alpha value is -1.19. The van der Waals surface area contributed by atoms with Crippen molar-refractivity contribution in [2.75, 3.05) is 0 Å². The van der Waals surface area contributed by atoms with Crippen LogP contribution in [0.5, 0.6) is 0 Å². The molecule has 0 unspecified atom stereocenters. The molecule has 0 spiro atoms. The van der Waals surface area contributed by atoms with Crippen LogP contribution in [0.3, 0.4) is 0 Å². The fourth-order valence-electron chi connectivity index (χ4n) is 1.50. The van der Waals surface area contributed by atoms with Gasteiger partial charge in [0.15, 0.2) is 0 Å². The summed E-state index contributed by atoms with van der Waals surface area (Å²) >= 11 is 0. The van der Waals surface area contributed by atoms with Gasteiger partial charge >= 0.3 is 0 Å². The molecule has 0 heterocycles. The van der Waals surface area contributed by atoms with Crippen LogP contribution < -0.4 is 0 Å². The van der Waals surface area contributed by atoms with E-state index in [2.05, 4.69) is 0 Å². The van der Waals surface area contributed by atoms with Crippen molar-refractivity contribution >= 4 is 19.7 Å². The van der Waals surface area contributed by atoms with Gasteiger partial charge in [-0.05, 0) is 24.1 Å².